The number of hydrogen-bond acceptors (Lipinski definition) is 4. The van der Waals surface area contributed by atoms with Gasteiger partial charge in [0.1, 0.15) is 0 Å². The van der Waals surface area contributed by atoms with Crippen LogP contribution in [-0.2, 0) is 11.2 Å². The molecule has 2 unspecified atom stereocenters. The third-order valence-electron chi connectivity index (χ3n) is 4.12. The maximum absolute atomic E-state index is 12.0. The summed E-state index contributed by atoms with van der Waals surface area (Å²) in [6, 6.07) is 15.9. The number of thiazole rings is 1. The van der Waals surface area contributed by atoms with Gasteiger partial charge in [-0.05, 0) is 36.8 Å². The van der Waals surface area contributed by atoms with Crippen LogP contribution >= 0.6 is 11.3 Å². The Morgan fingerprint density at radius 1 is 1.17 bits per heavy atom. The minimum atomic E-state index is -0.215. The lowest BCUT2D eigenvalue weighted by Crippen LogP contribution is -2.34. The highest BCUT2D eigenvalue weighted by Gasteiger charge is 2.16. The number of amides is 1. The van der Waals surface area contributed by atoms with Crippen molar-refractivity contribution in [1.29, 1.82) is 0 Å². The standard InChI is InChI=1S/C19H21N3OS/c1-12(13(2)20)19(23)21-15-9-7-14(8-10-15)11-18-22-16-5-3-4-6-17(16)24-18/h3-10,12-13H,11,20H2,1-2H3,(H,21,23). The van der Waals surface area contributed by atoms with E-state index in [1.807, 2.05) is 56.3 Å². The van der Waals surface area contributed by atoms with Crippen LogP contribution in [0.25, 0.3) is 10.2 Å². The van der Waals surface area contributed by atoms with Crippen LogP contribution in [0.2, 0.25) is 0 Å². The molecule has 0 bridgehead atoms. The van der Waals surface area contributed by atoms with Crippen LogP contribution < -0.4 is 11.1 Å². The number of carbonyl (C=O) groups excluding carboxylic acids is 1. The number of nitrogens with zero attached hydrogens (tertiary/aromatic N) is 1. The van der Waals surface area contributed by atoms with Crippen molar-refractivity contribution in [2.75, 3.05) is 5.32 Å². The van der Waals surface area contributed by atoms with E-state index in [1.165, 1.54) is 10.3 Å². The normalized spacial score (nSPS) is 13.6. The SMILES string of the molecule is CC(N)C(C)C(=O)Nc1ccc(Cc2nc3ccccc3s2)cc1. The Hall–Kier alpha value is -2.24. The molecule has 124 valence electrons. The summed E-state index contributed by atoms with van der Waals surface area (Å²) in [4.78, 5) is 16.7. The number of para-hydroxylation sites is 1. The van der Waals surface area contributed by atoms with E-state index in [0.29, 0.717) is 0 Å². The summed E-state index contributed by atoms with van der Waals surface area (Å²) < 4.78 is 1.21. The van der Waals surface area contributed by atoms with E-state index in [2.05, 4.69) is 16.4 Å². The van der Waals surface area contributed by atoms with Gasteiger partial charge < -0.3 is 11.1 Å². The smallest absolute Gasteiger partial charge is 0.228 e. The third kappa shape index (κ3) is 3.80. The summed E-state index contributed by atoms with van der Waals surface area (Å²) in [5, 5.41) is 4.00. The second-order valence-corrected chi connectivity index (χ2v) is 7.20. The average molecular weight is 339 g/mol. The van der Waals surface area contributed by atoms with Crippen LogP contribution in [-0.4, -0.2) is 16.9 Å². The van der Waals surface area contributed by atoms with Gasteiger partial charge in [-0.1, -0.05) is 31.2 Å². The molecule has 5 heteroatoms. The highest BCUT2D eigenvalue weighted by Crippen LogP contribution is 2.24. The van der Waals surface area contributed by atoms with Crippen molar-refractivity contribution in [1.82, 2.24) is 4.98 Å². The van der Waals surface area contributed by atoms with Crippen LogP contribution in [0, 0.1) is 5.92 Å². The molecular formula is C19H21N3OS. The van der Waals surface area contributed by atoms with Gasteiger partial charge in [-0.25, -0.2) is 4.98 Å². The molecule has 1 aromatic heterocycles. The lowest BCUT2D eigenvalue weighted by atomic mass is 10.0. The van der Waals surface area contributed by atoms with E-state index >= 15 is 0 Å². The maximum Gasteiger partial charge on any atom is 0.228 e. The lowest BCUT2D eigenvalue weighted by Gasteiger charge is -2.15. The van der Waals surface area contributed by atoms with E-state index in [4.69, 9.17) is 5.73 Å². The molecule has 0 spiro atoms. The number of anilines is 1. The quantitative estimate of drug-likeness (QED) is 0.743. The molecule has 3 aromatic rings. The number of rotatable bonds is 5. The molecule has 2 aromatic carbocycles. The lowest BCUT2D eigenvalue weighted by molar-refractivity contribution is -0.119. The molecule has 24 heavy (non-hydrogen) atoms. The van der Waals surface area contributed by atoms with Gasteiger partial charge in [-0.15, -0.1) is 11.3 Å². The molecule has 0 saturated carbocycles. The fourth-order valence-corrected chi connectivity index (χ4v) is 3.37. The molecule has 3 rings (SSSR count). The molecule has 0 aliphatic carbocycles. The van der Waals surface area contributed by atoms with Gasteiger partial charge in [0.25, 0.3) is 0 Å². The topological polar surface area (TPSA) is 68.0 Å². The summed E-state index contributed by atoms with van der Waals surface area (Å²) in [5.74, 6) is -0.267. The summed E-state index contributed by atoms with van der Waals surface area (Å²) in [5.41, 5.74) is 8.78. The van der Waals surface area contributed by atoms with E-state index in [1.54, 1.807) is 11.3 Å². The predicted molar refractivity (Wildman–Crippen MR) is 100 cm³/mol. The third-order valence-corrected chi connectivity index (χ3v) is 5.15. The van der Waals surface area contributed by atoms with Gasteiger partial charge in [0, 0.05) is 18.2 Å². The number of nitrogens with one attached hydrogen (secondary N) is 1. The first-order valence-corrected chi connectivity index (χ1v) is 8.84. The van der Waals surface area contributed by atoms with Gasteiger partial charge in [-0.3, -0.25) is 4.79 Å². The van der Waals surface area contributed by atoms with Gasteiger partial charge in [-0.2, -0.15) is 0 Å². The zero-order chi connectivity index (χ0) is 17.1. The molecule has 4 nitrogen and oxygen atoms in total. The summed E-state index contributed by atoms with van der Waals surface area (Å²) in [6.45, 7) is 3.67. The van der Waals surface area contributed by atoms with Crippen molar-refractivity contribution in [3.8, 4) is 0 Å². The fourth-order valence-electron chi connectivity index (χ4n) is 2.37. The summed E-state index contributed by atoms with van der Waals surface area (Å²) >= 11 is 1.72. The molecule has 0 aliphatic rings. The number of benzene rings is 2. The monoisotopic (exact) mass is 339 g/mol. The molecule has 3 N–H and O–H groups in total. The minimum absolute atomic E-state index is 0.0519. The first-order chi connectivity index (χ1) is 11.5. The highest BCUT2D eigenvalue weighted by molar-refractivity contribution is 7.18. The van der Waals surface area contributed by atoms with Gasteiger partial charge in [0.2, 0.25) is 5.91 Å². The Morgan fingerprint density at radius 3 is 2.54 bits per heavy atom. The second-order valence-electron chi connectivity index (χ2n) is 6.09. The first-order valence-electron chi connectivity index (χ1n) is 8.03. The Balaban J connectivity index is 1.67. The molecule has 0 saturated heterocycles. The van der Waals surface area contributed by atoms with Crippen LogP contribution in [0.4, 0.5) is 5.69 Å². The van der Waals surface area contributed by atoms with Crippen molar-refractivity contribution >= 4 is 33.1 Å². The number of fused-ring (bicyclic) bond motifs is 1. The molecule has 0 fully saturated rings. The highest BCUT2D eigenvalue weighted by atomic mass is 32.1. The zero-order valence-electron chi connectivity index (χ0n) is 13.8. The molecule has 1 amide bonds. The number of nitrogens with two attached hydrogens (primary N) is 1. The van der Waals surface area contributed by atoms with Crippen molar-refractivity contribution < 1.29 is 4.79 Å². The summed E-state index contributed by atoms with van der Waals surface area (Å²) in [7, 11) is 0. The van der Waals surface area contributed by atoms with Crippen LogP contribution in [0.5, 0.6) is 0 Å². The Bertz CT molecular complexity index is 806. The van der Waals surface area contributed by atoms with Gasteiger partial charge in [0.15, 0.2) is 0 Å². The van der Waals surface area contributed by atoms with Crippen molar-refractivity contribution in [2.24, 2.45) is 11.7 Å². The van der Waals surface area contributed by atoms with Crippen molar-refractivity contribution in [3.63, 3.8) is 0 Å². The molecule has 2 atom stereocenters. The van der Waals surface area contributed by atoms with Crippen molar-refractivity contribution in [2.45, 2.75) is 26.3 Å². The van der Waals surface area contributed by atoms with Crippen molar-refractivity contribution in [3.05, 3.63) is 59.1 Å². The summed E-state index contributed by atoms with van der Waals surface area (Å²) in [6.07, 6.45) is 0.795. The van der Waals surface area contributed by atoms with Crippen LogP contribution in [0.1, 0.15) is 24.4 Å². The first kappa shape index (κ1) is 16.6. The molecule has 0 radical (unpaired) electrons. The molecular weight excluding hydrogens is 318 g/mol. The zero-order valence-corrected chi connectivity index (χ0v) is 14.6. The Labute approximate surface area is 145 Å². The number of carbonyl (C=O) groups is 1. The van der Waals surface area contributed by atoms with Gasteiger partial charge >= 0.3 is 0 Å². The van der Waals surface area contributed by atoms with E-state index in [-0.39, 0.29) is 17.9 Å². The predicted octanol–water partition coefficient (Wildman–Crippen LogP) is 3.81. The number of aromatic nitrogens is 1. The molecule has 0 aliphatic heterocycles. The van der Waals surface area contributed by atoms with Gasteiger partial charge in [0.05, 0.1) is 21.1 Å². The largest absolute Gasteiger partial charge is 0.327 e. The van der Waals surface area contributed by atoms with E-state index in [0.717, 1.165) is 22.6 Å². The molecule has 1 heterocycles. The van der Waals surface area contributed by atoms with Crippen LogP contribution in [0.3, 0.4) is 0 Å². The Kier molecular flexibility index (Phi) is 4.92. The average Bonchev–Trinajstić information content (AvgIpc) is 2.98. The minimum Gasteiger partial charge on any atom is -0.327 e. The second kappa shape index (κ2) is 7.11. The van der Waals surface area contributed by atoms with Crippen LogP contribution in [0.15, 0.2) is 48.5 Å². The fraction of sp³-hybridized carbons (Fsp3) is 0.263. The number of hydrogen-bond donors (Lipinski definition) is 2. The van der Waals surface area contributed by atoms with E-state index in [9.17, 15) is 4.79 Å². The maximum atomic E-state index is 12.0. The van der Waals surface area contributed by atoms with E-state index < -0.39 is 0 Å². The Morgan fingerprint density at radius 2 is 1.88 bits per heavy atom.